The lowest BCUT2D eigenvalue weighted by molar-refractivity contribution is 0.0674. The molecular weight excluding hydrogens is 360 g/mol. The molecule has 0 aliphatic carbocycles. The number of carbonyl (C=O) groups excluding carboxylic acids is 1. The molecular formula is C24H22N4O. The number of benzene rings is 2. The van der Waals surface area contributed by atoms with E-state index in [0.717, 1.165) is 34.3 Å². The van der Waals surface area contributed by atoms with Crippen LogP contribution in [0.2, 0.25) is 0 Å². The summed E-state index contributed by atoms with van der Waals surface area (Å²) in [5.41, 5.74) is 6.15. The number of aromatic nitrogens is 3. The van der Waals surface area contributed by atoms with Gasteiger partial charge in [-0.2, -0.15) is 5.10 Å². The minimum Gasteiger partial charge on any atom is -0.330 e. The van der Waals surface area contributed by atoms with Gasteiger partial charge in [-0.1, -0.05) is 36.4 Å². The monoisotopic (exact) mass is 382 g/mol. The lowest BCUT2D eigenvalue weighted by Crippen LogP contribution is -2.38. The molecule has 1 aliphatic rings. The van der Waals surface area contributed by atoms with Gasteiger partial charge in [0.15, 0.2) is 0 Å². The Kier molecular flexibility index (Phi) is 4.16. The molecule has 3 heterocycles. The molecule has 1 atom stereocenters. The third-order valence-corrected chi connectivity index (χ3v) is 5.80. The number of carbonyl (C=O) groups is 1. The molecule has 0 fully saturated rings. The minimum absolute atomic E-state index is 0.0424. The molecule has 5 heteroatoms. The van der Waals surface area contributed by atoms with Crippen LogP contribution in [0.5, 0.6) is 0 Å². The van der Waals surface area contributed by atoms with Crippen molar-refractivity contribution in [3.8, 4) is 11.3 Å². The van der Waals surface area contributed by atoms with Crippen LogP contribution >= 0.6 is 0 Å². The van der Waals surface area contributed by atoms with Crippen molar-refractivity contribution in [3.63, 3.8) is 0 Å². The highest BCUT2D eigenvalue weighted by Crippen LogP contribution is 2.36. The molecule has 0 saturated carbocycles. The summed E-state index contributed by atoms with van der Waals surface area (Å²) in [6.07, 6.45) is 2.57. The lowest BCUT2D eigenvalue weighted by atomic mass is 9.95. The summed E-state index contributed by atoms with van der Waals surface area (Å²) in [5, 5.41) is 5.78. The van der Waals surface area contributed by atoms with E-state index >= 15 is 0 Å². The van der Waals surface area contributed by atoms with Crippen LogP contribution in [0.1, 0.15) is 34.6 Å². The molecule has 29 heavy (non-hydrogen) atoms. The van der Waals surface area contributed by atoms with Crippen molar-refractivity contribution in [3.05, 3.63) is 83.7 Å². The molecule has 0 spiro atoms. The highest BCUT2D eigenvalue weighted by Gasteiger charge is 2.33. The molecule has 144 valence electrons. The average Bonchev–Trinajstić information content (AvgIpc) is 3.10. The first-order valence-corrected chi connectivity index (χ1v) is 9.90. The van der Waals surface area contributed by atoms with Crippen LogP contribution in [0, 0.1) is 0 Å². The molecule has 2 aromatic carbocycles. The molecule has 4 aromatic rings. The Morgan fingerprint density at radius 3 is 2.72 bits per heavy atom. The van der Waals surface area contributed by atoms with Gasteiger partial charge in [0, 0.05) is 41.9 Å². The fourth-order valence-electron chi connectivity index (χ4n) is 4.35. The van der Waals surface area contributed by atoms with Gasteiger partial charge < -0.3 is 4.90 Å². The second-order valence-corrected chi connectivity index (χ2v) is 7.54. The number of nitrogens with zero attached hydrogens (tertiary/aromatic N) is 4. The summed E-state index contributed by atoms with van der Waals surface area (Å²) in [6, 6.07) is 19.9. The predicted molar refractivity (Wildman–Crippen MR) is 114 cm³/mol. The maximum absolute atomic E-state index is 13.3. The van der Waals surface area contributed by atoms with E-state index in [1.807, 2.05) is 65.2 Å². The van der Waals surface area contributed by atoms with Crippen molar-refractivity contribution in [2.24, 2.45) is 7.05 Å². The van der Waals surface area contributed by atoms with Crippen LogP contribution in [0.25, 0.3) is 22.2 Å². The standard InChI is InChI=1S/C24H22N4O/c1-16-22-20(23(27(2)26-22)17-7-4-3-5-8-17)12-14-28(16)24(29)19-10-11-21-18(15-19)9-6-13-25-21/h3-11,13,15-16H,12,14H2,1-2H3/t16-/m0/s1. The molecule has 5 nitrogen and oxygen atoms in total. The molecule has 0 bridgehead atoms. The smallest absolute Gasteiger partial charge is 0.254 e. The number of hydrogen-bond acceptors (Lipinski definition) is 3. The molecule has 0 radical (unpaired) electrons. The Bertz CT molecular complexity index is 1210. The van der Waals surface area contributed by atoms with Gasteiger partial charge in [0.25, 0.3) is 5.91 Å². The van der Waals surface area contributed by atoms with Gasteiger partial charge in [0.1, 0.15) is 0 Å². The maximum Gasteiger partial charge on any atom is 0.254 e. The highest BCUT2D eigenvalue weighted by atomic mass is 16.2. The van der Waals surface area contributed by atoms with E-state index in [0.29, 0.717) is 12.1 Å². The number of aryl methyl sites for hydroxylation is 1. The van der Waals surface area contributed by atoms with Crippen molar-refractivity contribution >= 4 is 16.8 Å². The number of rotatable bonds is 2. The fourth-order valence-corrected chi connectivity index (χ4v) is 4.35. The quantitative estimate of drug-likeness (QED) is 0.516. The fraction of sp³-hybridized carbons (Fsp3) is 0.208. The first-order valence-electron chi connectivity index (χ1n) is 9.90. The van der Waals surface area contributed by atoms with Crippen molar-refractivity contribution in [1.82, 2.24) is 19.7 Å². The van der Waals surface area contributed by atoms with E-state index in [4.69, 9.17) is 5.10 Å². The van der Waals surface area contributed by atoms with Crippen molar-refractivity contribution in [1.29, 1.82) is 0 Å². The minimum atomic E-state index is -0.0699. The molecule has 2 aromatic heterocycles. The van der Waals surface area contributed by atoms with Crippen LogP contribution in [0.4, 0.5) is 0 Å². The van der Waals surface area contributed by atoms with Gasteiger partial charge in [-0.05, 0) is 37.6 Å². The van der Waals surface area contributed by atoms with Crippen LogP contribution < -0.4 is 0 Å². The summed E-state index contributed by atoms with van der Waals surface area (Å²) < 4.78 is 1.95. The summed E-state index contributed by atoms with van der Waals surface area (Å²) in [7, 11) is 1.98. The Morgan fingerprint density at radius 2 is 1.90 bits per heavy atom. The van der Waals surface area contributed by atoms with Gasteiger partial charge in [0.2, 0.25) is 0 Å². The molecule has 1 aliphatic heterocycles. The second-order valence-electron chi connectivity index (χ2n) is 7.54. The van der Waals surface area contributed by atoms with Crippen molar-refractivity contribution in [2.75, 3.05) is 6.54 Å². The molecule has 5 rings (SSSR count). The lowest BCUT2D eigenvalue weighted by Gasteiger charge is -2.33. The molecule has 1 amide bonds. The van der Waals surface area contributed by atoms with Gasteiger partial charge in [-0.25, -0.2) is 0 Å². The maximum atomic E-state index is 13.3. The van der Waals surface area contributed by atoms with Gasteiger partial charge in [-0.3, -0.25) is 14.5 Å². The van der Waals surface area contributed by atoms with Crippen LogP contribution in [-0.2, 0) is 13.5 Å². The zero-order chi connectivity index (χ0) is 20.0. The Balaban J connectivity index is 1.49. The number of pyridine rings is 1. The third-order valence-electron chi connectivity index (χ3n) is 5.80. The van der Waals surface area contributed by atoms with E-state index in [2.05, 4.69) is 24.0 Å². The van der Waals surface area contributed by atoms with Crippen LogP contribution in [0.15, 0.2) is 66.9 Å². The van der Waals surface area contributed by atoms with E-state index in [1.165, 1.54) is 5.56 Å². The van der Waals surface area contributed by atoms with Gasteiger partial charge in [-0.15, -0.1) is 0 Å². The van der Waals surface area contributed by atoms with E-state index < -0.39 is 0 Å². The van der Waals surface area contributed by atoms with Crippen LogP contribution in [-0.4, -0.2) is 32.1 Å². The van der Waals surface area contributed by atoms with E-state index in [1.54, 1.807) is 6.20 Å². The normalized spacial score (nSPS) is 16.1. The number of hydrogen-bond donors (Lipinski definition) is 0. The van der Waals surface area contributed by atoms with Crippen molar-refractivity contribution in [2.45, 2.75) is 19.4 Å². The highest BCUT2D eigenvalue weighted by molar-refractivity contribution is 5.98. The topological polar surface area (TPSA) is 51.0 Å². The van der Waals surface area contributed by atoms with E-state index in [9.17, 15) is 4.79 Å². The number of amides is 1. The summed E-state index contributed by atoms with van der Waals surface area (Å²) in [6.45, 7) is 2.75. The SMILES string of the molecule is C[C@H]1c2nn(C)c(-c3ccccc3)c2CCN1C(=O)c1ccc2ncccc2c1. The second kappa shape index (κ2) is 6.85. The predicted octanol–water partition coefficient (Wildman–Crippen LogP) is 4.39. The van der Waals surface area contributed by atoms with Gasteiger partial charge in [0.05, 0.1) is 22.9 Å². The Labute approximate surface area is 169 Å². The van der Waals surface area contributed by atoms with Crippen molar-refractivity contribution < 1.29 is 4.79 Å². The zero-order valence-corrected chi connectivity index (χ0v) is 16.5. The zero-order valence-electron chi connectivity index (χ0n) is 16.5. The third kappa shape index (κ3) is 2.90. The molecule has 0 unspecified atom stereocenters. The molecule has 0 N–H and O–H groups in total. The first-order chi connectivity index (χ1) is 14.1. The van der Waals surface area contributed by atoms with E-state index in [-0.39, 0.29) is 11.9 Å². The Morgan fingerprint density at radius 1 is 1.07 bits per heavy atom. The molecule has 0 saturated heterocycles. The summed E-state index contributed by atoms with van der Waals surface area (Å²) >= 11 is 0. The van der Waals surface area contributed by atoms with Gasteiger partial charge >= 0.3 is 0 Å². The summed E-state index contributed by atoms with van der Waals surface area (Å²) in [5.74, 6) is 0.0424. The Hall–Kier alpha value is -3.47. The summed E-state index contributed by atoms with van der Waals surface area (Å²) in [4.78, 5) is 19.6. The number of fused-ring (bicyclic) bond motifs is 2. The van der Waals surface area contributed by atoms with Crippen LogP contribution in [0.3, 0.4) is 0 Å². The average molecular weight is 382 g/mol. The largest absolute Gasteiger partial charge is 0.330 e. The first kappa shape index (κ1) is 17.6.